The summed E-state index contributed by atoms with van der Waals surface area (Å²) in [5.41, 5.74) is 4.48. The van der Waals surface area contributed by atoms with E-state index in [2.05, 4.69) is 60.4 Å². The van der Waals surface area contributed by atoms with Crippen LogP contribution in [0.4, 0.5) is 0 Å². The van der Waals surface area contributed by atoms with Crippen molar-refractivity contribution >= 4 is 11.9 Å². The molecule has 2 rings (SSSR count). The molecular formula is C30H46O4. The number of carboxylic acids is 2. The van der Waals surface area contributed by atoms with Crippen molar-refractivity contribution in [1.82, 2.24) is 0 Å². The molecule has 6 atom stereocenters. The number of aliphatic carboxylic acids is 2. The number of rotatable bonds is 11. The fourth-order valence-corrected chi connectivity index (χ4v) is 7.47. The van der Waals surface area contributed by atoms with E-state index in [9.17, 15) is 19.8 Å². The molecule has 0 aliphatic heterocycles. The van der Waals surface area contributed by atoms with Gasteiger partial charge in [-0.3, -0.25) is 9.59 Å². The minimum Gasteiger partial charge on any atom is -0.481 e. The summed E-state index contributed by atoms with van der Waals surface area (Å²) in [6.45, 7) is 23.8. The first-order valence-electron chi connectivity index (χ1n) is 12.8. The van der Waals surface area contributed by atoms with Gasteiger partial charge in [0.25, 0.3) is 0 Å². The van der Waals surface area contributed by atoms with Gasteiger partial charge in [0.1, 0.15) is 0 Å². The quantitative estimate of drug-likeness (QED) is 0.302. The molecule has 1 unspecified atom stereocenters. The molecule has 0 spiro atoms. The zero-order valence-electron chi connectivity index (χ0n) is 22.1. The minimum atomic E-state index is -0.756. The average Bonchev–Trinajstić information content (AvgIpc) is 2.72. The maximum atomic E-state index is 11.5. The highest BCUT2D eigenvalue weighted by Crippen LogP contribution is 2.57. The molecule has 1 saturated carbocycles. The van der Waals surface area contributed by atoms with Crippen molar-refractivity contribution in [2.75, 3.05) is 0 Å². The van der Waals surface area contributed by atoms with E-state index in [1.54, 1.807) is 0 Å². The molecular weight excluding hydrogens is 424 g/mol. The molecule has 0 amide bonds. The lowest BCUT2D eigenvalue weighted by Crippen LogP contribution is -2.43. The second-order valence-corrected chi connectivity index (χ2v) is 11.7. The van der Waals surface area contributed by atoms with Crippen LogP contribution in [-0.2, 0) is 9.59 Å². The Kier molecular flexibility index (Phi) is 9.18. The van der Waals surface area contributed by atoms with E-state index in [0.717, 1.165) is 43.3 Å². The van der Waals surface area contributed by atoms with Crippen molar-refractivity contribution in [2.24, 2.45) is 34.5 Å². The molecule has 4 nitrogen and oxygen atoms in total. The molecule has 0 bridgehead atoms. The van der Waals surface area contributed by atoms with E-state index in [-0.39, 0.29) is 47.3 Å². The smallest absolute Gasteiger partial charge is 0.303 e. The van der Waals surface area contributed by atoms with Crippen LogP contribution in [0, 0.1) is 34.5 Å². The van der Waals surface area contributed by atoms with Gasteiger partial charge >= 0.3 is 11.9 Å². The summed E-state index contributed by atoms with van der Waals surface area (Å²) in [4.78, 5) is 23.0. The van der Waals surface area contributed by atoms with Crippen molar-refractivity contribution < 1.29 is 19.8 Å². The van der Waals surface area contributed by atoms with Crippen LogP contribution in [0.15, 0.2) is 48.1 Å². The second-order valence-electron chi connectivity index (χ2n) is 11.7. The predicted molar refractivity (Wildman–Crippen MR) is 140 cm³/mol. The highest BCUT2D eigenvalue weighted by molar-refractivity contribution is 5.67. The first-order valence-corrected chi connectivity index (χ1v) is 12.8. The van der Waals surface area contributed by atoms with Crippen molar-refractivity contribution in [1.29, 1.82) is 0 Å². The Morgan fingerprint density at radius 1 is 0.941 bits per heavy atom. The molecule has 2 aliphatic carbocycles. The standard InChI is InChI=1S/C30H46O4/c1-19(2)23-11-9-21(5)25(29(23,7)17-15-27(31)32)13-14-26-22(6)10-12-24(20(3)4)30(26,8)18-16-28(33)34/h10,23-26H,1,3,5,9,11-18H2,2,4,6-8H3,(H,31,32)(H,33,34)/t23-,24-,25?,26-,29-,30-/m0/s1. The van der Waals surface area contributed by atoms with Crippen LogP contribution in [0.5, 0.6) is 0 Å². The van der Waals surface area contributed by atoms with Gasteiger partial charge in [-0.2, -0.15) is 0 Å². The van der Waals surface area contributed by atoms with Crippen LogP contribution in [0.1, 0.15) is 92.4 Å². The van der Waals surface area contributed by atoms with Gasteiger partial charge in [-0.05, 0) is 100 Å². The summed E-state index contributed by atoms with van der Waals surface area (Å²) in [6.07, 6.45) is 8.61. The number of carboxylic acid groups (broad SMARTS) is 2. The summed E-state index contributed by atoms with van der Waals surface area (Å²) in [6, 6.07) is 0. The van der Waals surface area contributed by atoms with Crippen LogP contribution < -0.4 is 0 Å². The normalized spacial score (nSPS) is 33.8. The third-order valence-electron chi connectivity index (χ3n) is 9.35. The van der Waals surface area contributed by atoms with Gasteiger partial charge in [-0.25, -0.2) is 0 Å². The zero-order valence-corrected chi connectivity index (χ0v) is 22.1. The Morgan fingerprint density at radius 3 is 1.88 bits per heavy atom. The third-order valence-corrected chi connectivity index (χ3v) is 9.35. The lowest BCUT2D eigenvalue weighted by molar-refractivity contribution is -0.139. The van der Waals surface area contributed by atoms with Gasteiger partial charge in [-0.1, -0.05) is 62.0 Å². The summed E-state index contributed by atoms with van der Waals surface area (Å²) in [7, 11) is 0. The summed E-state index contributed by atoms with van der Waals surface area (Å²) < 4.78 is 0. The predicted octanol–water partition coefficient (Wildman–Crippen LogP) is 7.83. The number of hydrogen-bond acceptors (Lipinski definition) is 2. The summed E-state index contributed by atoms with van der Waals surface area (Å²) in [5.74, 6) is -0.469. The molecule has 0 aromatic heterocycles. The minimum absolute atomic E-state index is 0.153. The van der Waals surface area contributed by atoms with Crippen LogP contribution in [0.3, 0.4) is 0 Å². The number of carbonyl (C=O) groups is 2. The van der Waals surface area contributed by atoms with Crippen LogP contribution in [-0.4, -0.2) is 22.2 Å². The largest absolute Gasteiger partial charge is 0.481 e. The van der Waals surface area contributed by atoms with E-state index in [4.69, 9.17) is 0 Å². The first-order chi connectivity index (χ1) is 15.7. The highest BCUT2D eigenvalue weighted by Gasteiger charge is 2.48. The fourth-order valence-electron chi connectivity index (χ4n) is 7.47. The van der Waals surface area contributed by atoms with Gasteiger partial charge in [0.15, 0.2) is 0 Å². The fraction of sp³-hybridized carbons (Fsp3) is 0.667. The lowest BCUT2D eigenvalue weighted by atomic mass is 9.53. The molecule has 0 aromatic carbocycles. The SMILES string of the molecule is C=C1CC[C@@H](C(=C)C)[C@](C)(CCC(=O)O)C1CC[C@H]1C(C)=CC[C@@H](C(=C)C)[C@]1(C)CCC(=O)O. The Balaban J connectivity index is 2.38. The Morgan fingerprint density at radius 2 is 1.41 bits per heavy atom. The number of allylic oxidation sites excluding steroid dienone is 5. The molecule has 34 heavy (non-hydrogen) atoms. The number of hydrogen-bond donors (Lipinski definition) is 2. The van der Waals surface area contributed by atoms with E-state index in [0.29, 0.717) is 12.8 Å². The van der Waals surface area contributed by atoms with Crippen molar-refractivity contribution in [3.63, 3.8) is 0 Å². The topological polar surface area (TPSA) is 74.6 Å². The van der Waals surface area contributed by atoms with E-state index < -0.39 is 11.9 Å². The zero-order chi connectivity index (χ0) is 25.8. The van der Waals surface area contributed by atoms with E-state index in [1.807, 2.05) is 0 Å². The van der Waals surface area contributed by atoms with Crippen LogP contribution >= 0.6 is 0 Å². The third kappa shape index (κ3) is 5.93. The van der Waals surface area contributed by atoms with Gasteiger partial charge in [-0.15, -0.1) is 0 Å². The Bertz CT molecular complexity index is 865. The second kappa shape index (κ2) is 11.1. The van der Waals surface area contributed by atoms with Gasteiger partial charge in [0.2, 0.25) is 0 Å². The lowest BCUT2D eigenvalue weighted by Gasteiger charge is -2.52. The molecule has 0 aromatic rings. The van der Waals surface area contributed by atoms with Crippen molar-refractivity contribution in [3.8, 4) is 0 Å². The molecule has 0 radical (unpaired) electrons. The molecule has 2 aliphatic rings. The molecule has 1 fully saturated rings. The van der Waals surface area contributed by atoms with Crippen LogP contribution in [0.2, 0.25) is 0 Å². The molecule has 2 N–H and O–H groups in total. The summed E-state index contributed by atoms with van der Waals surface area (Å²) >= 11 is 0. The summed E-state index contributed by atoms with van der Waals surface area (Å²) in [5, 5.41) is 18.9. The molecule has 0 heterocycles. The van der Waals surface area contributed by atoms with E-state index in [1.165, 1.54) is 11.1 Å². The average molecular weight is 471 g/mol. The van der Waals surface area contributed by atoms with Crippen LogP contribution in [0.25, 0.3) is 0 Å². The first kappa shape index (κ1) is 28.1. The van der Waals surface area contributed by atoms with Gasteiger partial charge in [0, 0.05) is 12.8 Å². The van der Waals surface area contributed by atoms with Crippen molar-refractivity contribution in [3.05, 3.63) is 48.1 Å². The van der Waals surface area contributed by atoms with Gasteiger partial charge < -0.3 is 10.2 Å². The highest BCUT2D eigenvalue weighted by atomic mass is 16.4. The van der Waals surface area contributed by atoms with Gasteiger partial charge in [0.05, 0.1) is 0 Å². The molecule has 190 valence electrons. The van der Waals surface area contributed by atoms with E-state index >= 15 is 0 Å². The Hall–Kier alpha value is -2.10. The maximum Gasteiger partial charge on any atom is 0.303 e. The monoisotopic (exact) mass is 470 g/mol. The Labute approximate surface area is 206 Å². The van der Waals surface area contributed by atoms with Crippen molar-refractivity contribution in [2.45, 2.75) is 92.4 Å². The maximum absolute atomic E-state index is 11.5. The molecule has 0 saturated heterocycles. The molecule has 4 heteroatoms.